The molecule has 7 nitrogen and oxygen atoms in total. The second kappa shape index (κ2) is 9.23. The Kier molecular flexibility index (Phi) is 6.11. The van der Waals surface area contributed by atoms with Gasteiger partial charge in [-0.05, 0) is 36.1 Å². The smallest absolute Gasteiger partial charge is 0.205 e. The largest absolute Gasteiger partial charge is 0.493 e. The van der Waals surface area contributed by atoms with Crippen molar-refractivity contribution in [3.05, 3.63) is 53.7 Å². The number of nitrogens with zero attached hydrogens (tertiary/aromatic N) is 1. The summed E-state index contributed by atoms with van der Waals surface area (Å²) >= 11 is 6.46. The summed E-state index contributed by atoms with van der Waals surface area (Å²) in [5.74, 6) is 2.60. The van der Waals surface area contributed by atoms with Crippen molar-refractivity contribution >= 4 is 50.5 Å². The molecule has 0 spiro atoms. The maximum Gasteiger partial charge on any atom is 0.205 e. The van der Waals surface area contributed by atoms with Crippen molar-refractivity contribution in [1.29, 1.82) is 5.41 Å². The zero-order valence-corrected chi connectivity index (χ0v) is 21.0. The van der Waals surface area contributed by atoms with Crippen molar-refractivity contribution in [3.63, 3.8) is 0 Å². The summed E-state index contributed by atoms with van der Waals surface area (Å²) in [7, 11) is 4.77. The monoisotopic (exact) mass is 492 g/mol. The maximum atomic E-state index is 9.19. The van der Waals surface area contributed by atoms with E-state index in [-0.39, 0.29) is 5.92 Å². The van der Waals surface area contributed by atoms with Crippen molar-refractivity contribution in [2.45, 2.75) is 12.8 Å². The third-order valence-electron chi connectivity index (χ3n) is 6.66. The predicted molar refractivity (Wildman–Crippen MR) is 144 cm³/mol. The molecule has 8 heteroatoms. The highest BCUT2D eigenvalue weighted by Gasteiger charge is 2.34. The molecule has 1 aromatic heterocycles. The van der Waals surface area contributed by atoms with Gasteiger partial charge in [0.15, 0.2) is 11.5 Å². The Morgan fingerprint density at radius 2 is 1.83 bits per heavy atom. The number of rotatable bonds is 7. The highest BCUT2D eigenvalue weighted by atomic mass is 35.5. The molecule has 0 amide bonds. The van der Waals surface area contributed by atoms with Crippen LogP contribution in [0.15, 0.2) is 42.5 Å². The van der Waals surface area contributed by atoms with E-state index in [1.165, 1.54) is 16.3 Å². The normalized spacial score (nSPS) is 14.9. The first-order chi connectivity index (χ1) is 17.1. The summed E-state index contributed by atoms with van der Waals surface area (Å²) in [5.41, 5.74) is 4.69. The van der Waals surface area contributed by atoms with Gasteiger partial charge in [-0.3, -0.25) is 5.41 Å². The van der Waals surface area contributed by atoms with Gasteiger partial charge in [0, 0.05) is 47.0 Å². The Morgan fingerprint density at radius 3 is 2.49 bits per heavy atom. The molecule has 5 rings (SSSR count). The van der Waals surface area contributed by atoms with Gasteiger partial charge in [0.05, 0.1) is 32.5 Å². The summed E-state index contributed by atoms with van der Waals surface area (Å²) < 4.78 is 16.7. The summed E-state index contributed by atoms with van der Waals surface area (Å²) in [6.07, 6.45) is 0. The number of fused-ring (bicyclic) bond motifs is 4. The van der Waals surface area contributed by atoms with Gasteiger partial charge in [0.25, 0.3) is 0 Å². The Hall–Kier alpha value is -3.58. The quantitative estimate of drug-likeness (QED) is 0.169. The van der Waals surface area contributed by atoms with Crippen LogP contribution >= 0.6 is 11.6 Å². The first-order valence-electron chi connectivity index (χ1n) is 11.6. The van der Waals surface area contributed by atoms with Crippen molar-refractivity contribution in [1.82, 2.24) is 4.98 Å². The summed E-state index contributed by atoms with van der Waals surface area (Å²) in [6, 6.07) is 14.4. The number of aromatic nitrogens is 1. The molecule has 3 aromatic carbocycles. The fourth-order valence-electron chi connectivity index (χ4n) is 5.14. The van der Waals surface area contributed by atoms with Gasteiger partial charge in [-0.15, -0.1) is 11.6 Å². The van der Waals surface area contributed by atoms with Gasteiger partial charge in [0.1, 0.15) is 5.84 Å². The fourth-order valence-corrected chi connectivity index (χ4v) is 5.39. The van der Waals surface area contributed by atoms with E-state index in [0.717, 1.165) is 28.8 Å². The maximum absolute atomic E-state index is 9.19. The van der Waals surface area contributed by atoms with Crippen LogP contribution in [0.1, 0.15) is 24.1 Å². The van der Waals surface area contributed by atoms with Crippen LogP contribution in [0, 0.1) is 5.41 Å². The average Bonchev–Trinajstić information content (AvgIpc) is 3.48. The van der Waals surface area contributed by atoms with Crippen molar-refractivity contribution in [2.24, 2.45) is 0 Å². The molecule has 1 aliphatic heterocycles. The van der Waals surface area contributed by atoms with Crippen LogP contribution in [0.4, 0.5) is 11.4 Å². The fraction of sp³-hybridized carbons (Fsp3) is 0.296. The molecular weight excluding hydrogens is 464 g/mol. The highest BCUT2D eigenvalue weighted by molar-refractivity contribution is 6.20. The Morgan fingerprint density at radius 1 is 1.09 bits per heavy atom. The predicted octanol–water partition coefficient (Wildman–Crippen LogP) is 5.95. The molecule has 0 radical (unpaired) electrons. The second-order valence-electron chi connectivity index (χ2n) is 8.54. The lowest BCUT2D eigenvalue weighted by atomic mass is 9.95. The zero-order valence-electron chi connectivity index (χ0n) is 20.3. The van der Waals surface area contributed by atoms with Crippen LogP contribution in [-0.2, 0) is 0 Å². The van der Waals surface area contributed by atoms with Gasteiger partial charge in [-0.1, -0.05) is 24.3 Å². The number of ether oxygens (including phenoxy) is 3. The van der Waals surface area contributed by atoms with Gasteiger partial charge in [-0.2, -0.15) is 0 Å². The number of anilines is 2. The SMILES string of the molecule is CCNc1cc2c(c3ccccc13)[C@H](CCl)CN2C(=N)c1cc2cc(OC)c(OC)c(OC)c2[nH]1. The molecule has 1 atom stereocenters. The van der Waals surface area contributed by atoms with Crippen molar-refractivity contribution in [3.8, 4) is 17.2 Å². The number of methoxy groups -OCH3 is 3. The van der Waals surface area contributed by atoms with E-state index < -0.39 is 0 Å². The van der Waals surface area contributed by atoms with E-state index in [1.54, 1.807) is 21.3 Å². The van der Waals surface area contributed by atoms with Crippen LogP contribution in [0.3, 0.4) is 0 Å². The molecule has 0 saturated heterocycles. The van der Waals surface area contributed by atoms with Crippen molar-refractivity contribution in [2.75, 3.05) is 50.5 Å². The van der Waals surface area contributed by atoms with Crippen LogP contribution in [0.5, 0.6) is 17.2 Å². The second-order valence-corrected chi connectivity index (χ2v) is 8.84. The molecule has 0 unspecified atom stereocenters. The number of benzene rings is 3. The van der Waals surface area contributed by atoms with Gasteiger partial charge in [0.2, 0.25) is 5.75 Å². The Labute approximate surface area is 209 Å². The summed E-state index contributed by atoms with van der Waals surface area (Å²) in [6.45, 7) is 3.53. The minimum Gasteiger partial charge on any atom is -0.493 e. The van der Waals surface area contributed by atoms with E-state index in [9.17, 15) is 5.41 Å². The van der Waals surface area contributed by atoms with Crippen LogP contribution in [0.25, 0.3) is 21.7 Å². The van der Waals surface area contributed by atoms with Crippen molar-refractivity contribution < 1.29 is 14.2 Å². The number of aromatic amines is 1. The van der Waals surface area contributed by atoms with Gasteiger partial charge in [-0.25, -0.2) is 0 Å². The zero-order chi connectivity index (χ0) is 24.7. The van der Waals surface area contributed by atoms with Gasteiger partial charge < -0.3 is 29.4 Å². The minimum atomic E-state index is 0.117. The molecule has 0 bridgehead atoms. The standard InChI is InChI=1S/C27H29ClN4O3/c1-5-30-19-12-21-23(18-9-7-6-8-17(18)19)16(13-28)14-32(21)27(29)20-10-15-11-22(33-2)25(34-3)26(35-4)24(15)31-20/h6-12,16,29-31H,5,13-14H2,1-4H3/t16-/m1/s1. The molecule has 0 aliphatic carbocycles. The summed E-state index contributed by atoms with van der Waals surface area (Å²) in [4.78, 5) is 5.43. The lowest BCUT2D eigenvalue weighted by molar-refractivity contribution is 0.327. The molecule has 3 N–H and O–H groups in total. The third kappa shape index (κ3) is 3.62. The molecule has 1 aliphatic rings. The average molecular weight is 493 g/mol. The van der Waals surface area contributed by atoms with E-state index in [1.807, 2.05) is 17.0 Å². The third-order valence-corrected chi connectivity index (χ3v) is 7.04. The lowest BCUT2D eigenvalue weighted by Gasteiger charge is -2.21. The van der Waals surface area contributed by atoms with E-state index in [4.69, 9.17) is 25.8 Å². The topological polar surface area (TPSA) is 82.6 Å². The Balaban J connectivity index is 1.65. The molecule has 182 valence electrons. The van der Waals surface area contributed by atoms with E-state index in [0.29, 0.717) is 41.2 Å². The number of hydrogen-bond donors (Lipinski definition) is 3. The number of H-pyrrole nitrogens is 1. The van der Waals surface area contributed by atoms with Gasteiger partial charge >= 0.3 is 0 Å². The number of amidine groups is 1. The summed E-state index contributed by atoms with van der Waals surface area (Å²) in [5, 5.41) is 15.9. The molecule has 0 fully saturated rings. The number of alkyl halides is 1. The van der Waals surface area contributed by atoms with Crippen LogP contribution in [-0.4, -0.2) is 51.1 Å². The molecule has 2 heterocycles. The number of hydrogen-bond acceptors (Lipinski definition) is 5. The lowest BCUT2D eigenvalue weighted by Crippen LogP contribution is -2.30. The molecule has 35 heavy (non-hydrogen) atoms. The Bertz CT molecular complexity index is 1430. The van der Waals surface area contributed by atoms with E-state index >= 15 is 0 Å². The molecule has 4 aromatic rings. The van der Waals surface area contributed by atoms with Crippen LogP contribution in [0.2, 0.25) is 0 Å². The number of nitrogens with one attached hydrogen (secondary N) is 3. The first-order valence-corrected chi connectivity index (χ1v) is 12.1. The first kappa shape index (κ1) is 23.2. The van der Waals surface area contributed by atoms with Crippen LogP contribution < -0.4 is 24.4 Å². The highest BCUT2D eigenvalue weighted by Crippen LogP contribution is 2.46. The molecular formula is C27H29ClN4O3. The molecule has 0 saturated carbocycles. The number of halogens is 1. The van der Waals surface area contributed by atoms with E-state index in [2.05, 4.69) is 47.6 Å². The minimum absolute atomic E-state index is 0.117.